The fourth-order valence-corrected chi connectivity index (χ4v) is 3.35. The number of rotatable bonds is 3. The van der Waals surface area contributed by atoms with Crippen molar-refractivity contribution in [2.45, 2.75) is 5.92 Å². The Kier molecular flexibility index (Phi) is 3.94. The molecule has 0 amide bonds. The molecule has 0 unspecified atom stereocenters. The van der Waals surface area contributed by atoms with Gasteiger partial charge in [-0.3, -0.25) is 0 Å². The van der Waals surface area contributed by atoms with Crippen molar-refractivity contribution < 1.29 is 23.8 Å². The van der Waals surface area contributed by atoms with Gasteiger partial charge in [-0.05, 0) is 30.3 Å². The maximum Gasteiger partial charge on any atom is 0.347 e. The Morgan fingerprint density at radius 1 is 0.893 bits per heavy atom. The Hall–Kier alpha value is -3.80. The molecule has 28 heavy (non-hydrogen) atoms. The van der Waals surface area contributed by atoms with Gasteiger partial charge in [0.05, 0.1) is 6.21 Å². The number of nitrogens with zero attached hydrogens (tertiary/aromatic N) is 1. The Morgan fingerprint density at radius 2 is 1.57 bits per heavy atom. The normalized spacial score (nSPS) is 14.3. The van der Waals surface area contributed by atoms with Gasteiger partial charge in [0.1, 0.15) is 17.4 Å². The van der Waals surface area contributed by atoms with E-state index in [0.29, 0.717) is 23.0 Å². The largest absolute Gasteiger partial charge is 0.457 e. The second-order valence-corrected chi connectivity index (χ2v) is 6.37. The van der Waals surface area contributed by atoms with Crippen molar-refractivity contribution in [1.29, 1.82) is 0 Å². The quantitative estimate of drug-likeness (QED) is 0.390. The Bertz CT molecular complexity index is 1050. The number of carbonyl (C=O) groups excluding carboxylic acids is 1. The zero-order valence-electron chi connectivity index (χ0n) is 14.7. The molecule has 5 rings (SSSR count). The van der Waals surface area contributed by atoms with E-state index >= 15 is 0 Å². The van der Waals surface area contributed by atoms with Gasteiger partial charge < -0.3 is 19.0 Å². The molecule has 138 valence electrons. The smallest absolute Gasteiger partial charge is 0.347 e. The average Bonchev–Trinajstić information content (AvgIpc) is 3.19. The minimum absolute atomic E-state index is 0.202. The lowest BCUT2D eigenvalue weighted by atomic mass is 9.88. The third kappa shape index (κ3) is 2.85. The highest BCUT2D eigenvalue weighted by molar-refractivity contribution is 5.86. The molecule has 0 saturated carbocycles. The summed E-state index contributed by atoms with van der Waals surface area (Å²) in [5, 5.41) is 3.88. The summed E-state index contributed by atoms with van der Waals surface area (Å²) in [5.41, 5.74) is 2.25. The van der Waals surface area contributed by atoms with Crippen LogP contribution in [-0.2, 0) is 9.63 Å². The van der Waals surface area contributed by atoms with Crippen LogP contribution < -0.4 is 14.2 Å². The predicted molar refractivity (Wildman–Crippen MR) is 101 cm³/mol. The molecule has 3 aromatic rings. The van der Waals surface area contributed by atoms with Crippen molar-refractivity contribution in [3.63, 3.8) is 0 Å². The van der Waals surface area contributed by atoms with Crippen LogP contribution in [0, 0.1) is 0 Å². The second kappa shape index (κ2) is 6.74. The first-order valence-electron chi connectivity index (χ1n) is 8.79. The number of hydrogen-bond acceptors (Lipinski definition) is 6. The molecule has 6 nitrogen and oxygen atoms in total. The van der Waals surface area contributed by atoms with Crippen LogP contribution in [0.15, 0.2) is 71.9 Å². The number of oxime groups is 1. The monoisotopic (exact) mass is 373 g/mol. The molecule has 0 aliphatic carbocycles. The highest BCUT2D eigenvalue weighted by Crippen LogP contribution is 2.44. The third-order valence-corrected chi connectivity index (χ3v) is 4.66. The van der Waals surface area contributed by atoms with Gasteiger partial charge in [-0.25, -0.2) is 4.79 Å². The van der Waals surface area contributed by atoms with Gasteiger partial charge in [0, 0.05) is 16.7 Å². The van der Waals surface area contributed by atoms with Crippen LogP contribution in [0.4, 0.5) is 0 Å². The van der Waals surface area contributed by atoms with E-state index in [-0.39, 0.29) is 6.79 Å². The van der Waals surface area contributed by atoms with Gasteiger partial charge in [-0.15, -0.1) is 0 Å². The highest BCUT2D eigenvalue weighted by atomic mass is 16.7. The summed E-state index contributed by atoms with van der Waals surface area (Å²) >= 11 is 0. The van der Waals surface area contributed by atoms with Crippen LogP contribution in [0.1, 0.15) is 22.6 Å². The van der Waals surface area contributed by atoms with Crippen LogP contribution in [0.2, 0.25) is 0 Å². The Morgan fingerprint density at radius 3 is 2.32 bits per heavy atom. The topological polar surface area (TPSA) is 66.4 Å². The van der Waals surface area contributed by atoms with Crippen molar-refractivity contribution in [3.05, 3.63) is 83.4 Å². The van der Waals surface area contributed by atoms with Crippen molar-refractivity contribution in [2.75, 3.05) is 6.79 Å². The first-order chi connectivity index (χ1) is 13.8. The van der Waals surface area contributed by atoms with Gasteiger partial charge in [0.2, 0.25) is 6.79 Å². The first kappa shape index (κ1) is 16.4. The standard InChI is InChI=1S/C22H15NO5/c24-22(28-23-12-14-9-10-19-20(11-14)26-13-25-19)21-15-5-1-3-7-17(15)27-18-8-4-2-6-16(18)21/h1-12,21H,13H2/b23-12+. The molecule has 0 fully saturated rings. The van der Waals surface area contributed by atoms with E-state index in [1.165, 1.54) is 6.21 Å². The van der Waals surface area contributed by atoms with E-state index in [1.54, 1.807) is 12.1 Å². The summed E-state index contributed by atoms with van der Waals surface area (Å²) < 4.78 is 16.5. The maximum absolute atomic E-state index is 12.9. The van der Waals surface area contributed by atoms with E-state index in [9.17, 15) is 4.79 Å². The molecule has 0 aromatic heterocycles. The molecule has 2 aliphatic heterocycles. The number of fused-ring (bicyclic) bond motifs is 3. The van der Waals surface area contributed by atoms with E-state index < -0.39 is 11.9 Å². The zero-order valence-corrected chi connectivity index (χ0v) is 14.7. The Labute approximate surface area is 160 Å². The Balaban J connectivity index is 1.40. The SMILES string of the molecule is O=C(O/N=C/c1ccc2c(c1)OCO2)C1c2ccccc2Oc2ccccc21. The predicted octanol–water partition coefficient (Wildman–Crippen LogP) is 4.23. The zero-order chi connectivity index (χ0) is 18.9. The fourth-order valence-electron chi connectivity index (χ4n) is 3.35. The second-order valence-electron chi connectivity index (χ2n) is 6.37. The lowest BCUT2D eigenvalue weighted by molar-refractivity contribution is -0.144. The fraction of sp³-hybridized carbons (Fsp3) is 0.0909. The molecule has 0 bridgehead atoms. The van der Waals surface area contributed by atoms with Gasteiger partial charge in [-0.1, -0.05) is 41.6 Å². The molecular weight excluding hydrogens is 358 g/mol. The lowest BCUT2D eigenvalue weighted by Gasteiger charge is -2.25. The van der Waals surface area contributed by atoms with Crippen LogP contribution >= 0.6 is 0 Å². The molecule has 0 spiro atoms. The highest BCUT2D eigenvalue weighted by Gasteiger charge is 2.33. The summed E-state index contributed by atoms with van der Waals surface area (Å²) in [5.74, 6) is 1.54. The summed E-state index contributed by atoms with van der Waals surface area (Å²) in [6.45, 7) is 0.202. The van der Waals surface area contributed by atoms with Crippen molar-refractivity contribution >= 4 is 12.2 Å². The van der Waals surface area contributed by atoms with E-state index in [2.05, 4.69) is 5.16 Å². The van der Waals surface area contributed by atoms with Crippen LogP contribution in [0.25, 0.3) is 0 Å². The first-order valence-corrected chi connectivity index (χ1v) is 8.79. The molecule has 0 N–H and O–H groups in total. The number of benzene rings is 3. The van der Waals surface area contributed by atoms with Crippen LogP contribution in [0.3, 0.4) is 0 Å². The molecule has 2 aliphatic rings. The van der Waals surface area contributed by atoms with Gasteiger partial charge in [0.25, 0.3) is 0 Å². The summed E-state index contributed by atoms with van der Waals surface area (Å²) in [4.78, 5) is 18.1. The number of ether oxygens (including phenoxy) is 3. The minimum Gasteiger partial charge on any atom is -0.457 e. The van der Waals surface area contributed by atoms with Crippen LogP contribution in [-0.4, -0.2) is 19.0 Å². The molecular formula is C22H15NO5. The number of hydrogen-bond donors (Lipinski definition) is 0. The van der Waals surface area contributed by atoms with E-state index in [1.807, 2.05) is 54.6 Å². The van der Waals surface area contributed by atoms with Crippen molar-refractivity contribution in [3.8, 4) is 23.0 Å². The van der Waals surface area contributed by atoms with E-state index in [0.717, 1.165) is 16.7 Å². The van der Waals surface area contributed by atoms with Crippen LogP contribution in [0.5, 0.6) is 23.0 Å². The molecule has 0 radical (unpaired) electrons. The lowest BCUT2D eigenvalue weighted by Crippen LogP contribution is -2.19. The van der Waals surface area contributed by atoms with Crippen molar-refractivity contribution in [2.24, 2.45) is 5.16 Å². The summed E-state index contributed by atoms with van der Waals surface area (Å²) in [7, 11) is 0. The van der Waals surface area contributed by atoms with Crippen molar-refractivity contribution in [1.82, 2.24) is 0 Å². The number of carbonyl (C=O) groups is 1. The molecule has 2 heterocycles. The molecule has 0 saturated heterocycles. The molecule has 0 atom stereocenters. The van der Waals surface area contributed by atoms with Gasteiger partial charge in [0.15, 0.2) is 11.5 Å². The van der Waals surface area contributed by atoms with Gasteiger partial charge in [-0.2, -0.15) is 0 Å². The van der Waals surface area contributed by atoms with Gasteiger partial charge >= 0.3 is 5.97 Å². The number of para-hydroxylation sites is 2. The minimum atomic E-state index is -0.602. The maximum atomic E-state index is 12.9. The third-order valence-electron chi connectivity index (χ3n) is 4.66. The summed E-state index contributed by atoms with van der Waals surface area (Å²) in [6.07, 6.45) is 1.47. The van der Waals surface area contributed by atoms with E-state index in [4.69, 9.17) is 19.0 Å². The summed E-state index contributed by atoms with van der Waals surface area (Å²) in [6, 6.07) is 20.2. The molecule has 3 aromatic carbocycles. The average molecular weight is 373 g/mol. The molecule has 6 heteroatoms.